The van der Waals surface area contributed by atoms with Gasteiger partial charge in [-0.1, -0.05) is 19.9 Å². The molecule has 0 spiro atoms. The first-order chi connectivity index (χ1) is 9.90. The molecule has 0 fully saturated rings. The Bertz CT molecular complexity index is 509. The summed E-state index contributed by atoms with van der Waals surface area (Å²) >= 11 is 0. The largest absolute Gasteiger partial charge is 0.480 e. The predicted molar refractivity (Wildman–Crippen MR) is 81.2 cm³/mol. The van der Waals surface area contributed by atoms with Crippen LogP contribution in [0.15, 0.2) is 18.2 Å². The Morgan fingerprint density at radius 3 is 2.23 bits per heavy atom. The average Bonchev–Trinajstić information content (AvgIpc) is 2.42. The van der Waals surface area contributed by atoms with Crippen LogP contribution < -0.4 is 5.32 Å². The van der Waals surface area contributed by atoms with E-state index in [1.54, 1.807) is 13.8 Å². The molecule has 2 N–H and O–H groups in total. The Morgan fingerprint density at radius 1 is 1.27 bits per heavy atom. The lowest BCUT2D eigenvalue weighted by Gasteiger charge is -2.25. The quantitative estimate of drug-likeness (QED) is 0.802. The first-order valence-electron chi connectivity index (χ1n) is 6.61. The maximum Gasteiger partial charge on any atom is 0.320 e. The Balaban J connectivity index is 0.00000441. The van der Waals surface area contributed by atoms with Gasteiger partial charge in [0.2, 0.25) is 5.91 Å². The smallest absolute Gasteiger partial charge is 0.320 e. The fourth-order valence-corrected chi connectivity index (χ4v) is 2.01. The lowest BCUT2D eigenvalue weighted by molar-refractivity contribution is -0.143. The van der Waals surface area contributed by atoms with Crippen LogP contribution in [0, 0.1) is 11.6 Å². The molecule has 1 aromatic carbocycles. The second-order valence-electron chi connectivity index (χ2n) is 4.47. The molecule has 0 aliphatic rings. The molecule has 8 heteroatoms. The molecule has 0 aliphatic carbocycles. The minimum atomic E-state index is -1.04. The molecule has 1 rings (SSSR count). The monoisotopic (exact) mass is 336 g/mol. The Hall–Kier alpha value is -1.73. The first-order valence-corrected chi connectivity index (χ1v) is 6.61. The number of nitrogens with zero attached hydrogens (tertiary/aromatic N) is 1. The van der Waals surface area contributed by atoms with E-state index in [0.29, 0.717) is 13.0 Å². The van der Waals surface area contributed by atoms with Crippen LogP contribution in [0.1, 0.15) is 20.3 Å². The first kappa shape index (κ1) is 20.3. The van der Waals surface area contributed by atoms with Gasteiger partial charge in [-0.15, -0.1) is 12.4 Å². The van der Waals surface area contributed by atoms with Crippen molar-refractivity contribution < 1.29 is 23.5 Å². The summed E-state index contributed by atoms with van der Waals surface area (Å²) in [5.74, 6) is -3.46. The fourth-order valence-electron chi connectivity index (χ4n) is 2.01. The van der Waals surface area contributed by atoms with E-state index in [1.165, 1.54) is 11.0 Å². The number of aliphatic carboxylic acids is 1. The van der Waals surface area contributed by atoms with Crippen molar-refractivity contribution in [3.05, 3.63) is 29.8 Å². The third kappa shape index (κ3) is 5.23. The van der Waals surface area contributed by atoms with Crippen molar-refractivity contribution in [1.29, 1.82) is 0 Å². The molecule has 0 heterocycles. The number of amides is 1. The molecule has 1 unspecified atom stereocenters. The van der Waals surface area contributed by atoms with Gasteiger partial charge < -0.3 is 10.4 Å². The van der Waals surface area contributed by atoms with Gasteiger partial charge in [0.05, 0.1) is 6.54 Å². The summed E-state index contributed by atoms with van der Waals surface area (Å²) in [6, 6.07) is 2.44. The number of hydrogen-bond donors (Lipinski definition) is 2. The maximum absolute atomic E-state index is 13.4. The number of carbonyl (C=O) groups excluding carboxylic acids is 1. The SMILES string of the molecule is CCC(C(=O)O)N(CC)CC(=O)Nc1c(F)cccc1F.Cl. The third-order valence-corrected chi connectivity index (χ3v) is 3.09. The summed E-state index contributed by atoms with van der Waals surface area (Å²) in [6.07, 6.45) is 0.324. The number of nitrogens with one attached hydrogen (secondary N) is 1. The second kappa shape index (κ2) is 9.32. The summed E-state index contributed by atoms with van der Waals surface area (Å²) in [5, 5.41) is 11.2. The number of carboxylic acid groups (broad SMARTS) is 1. The Labute approximate surface area is 133 Å². The number of anilines is 1. The molecule has 0 aromatic heterocycles. The zero-order chi connectivity index (χ0) is 16.0. The van der Waals surface area contributed by atoms with Gasteiger partial charge in [-0.05, 0) is 25.1 Å². The van der Waals surface area contributed by atoms with Gasteiger partial charge in [0.25, 0.3) is 0 Å². The highest BCUT2D eigenvalue weighted by Gasteiger charge is 2.24. The molecule has 0 bridgehead atoms. The molecule has 1 amide bonds. The van der Waals surface area contributed by atoms with Gasteiger partial charge >= 0.3 is 5.97 Å². The summed E-state index contributed by atoms with van der Waals surface area (Å²) in [7, 11) is 0. The standard InChI is InChI=1S/C14H18F2N2O3.ClH/c1-3-11(14(20)21)18(4-2)8-12(19)17-13-9(15)6-5-7-10(13)16;/h5-7,11H,3-4,8H2,1-2H3,(H,17,19)(H,20,21);1H. The van der Waals surface area contributed by atoms with Crippen LogP contribution in [-0.4, -0.2) is 41.0 Å². The van der Waals surface area contributed by atoms with Crippen LogP contribution in [0.25, 0.3) is 0 Å². The van der Waals surface area contributed by atoms with E-state index in [0.717, 1.165) is 12.1 Å². The number of benzene rings is 1. The van der Waals surface area contributed by atoms with Crippen molar-refractivity contribution in [3.8, 4) is 0 Å². The molecule has 0 saturated carbocycles. The lowest BCUT2D eigenvalue weighted by Crippen LogP contribution is -2.44. The molecule has 124 valence electrons. The second-order valence-corrected chi connectivity index (χ2v) is 4.47. The molecule has 5 nitrogen and oxygen atoms in total. The van der Waals surface area contributed by atoms with Crippen molar-refractivity contribution in [1.82, 2.24) is 4.90 Å². The normalized spacial score (nSPS) is 11.7. The fraction of sp³-hybridized carbons (Fsp3) is 0.429. The van der Waals surface area contributed by atoms with Gasteiger partial charge in [-0.25, -0.2) is 8.78 Å². The number of carboxylic acids is 1. The highest BCUT2D eigenvalue weighted by molar-refractivity contribution is 5.92. The average molecular weight is 337 g/mol. The van der Waals surface area contributed by atoms with Gasteiger partial charge in [0.15, 0.2) is 0 Å². The van der Waals surface area contributed by atoms with Crippen LogP contribution in [0.2, 0.25) is 0 Å². The molecular weight excluding hydrogens is 318 g/mol. The maximum atomic E-state index is 13.4. The van der Waals surface area contributed by atoms with Crippen LogP contribution in [-0.2, 0) is 9.59 Å². The number of halogens is 3. The predicted octanol–water partition coefficient (Wildman–Crippen LogP) is 2.51. The Morgan fingerprint density at radius 2 is 1.82 bits per heavy atom. The molecule has 1 atom stereocenters. The van der Waals surface area contributed by atoms with E-state index in [-0.39, 0.29) is 19.0 Å². The van der Waals surface area contributed by atoms with Crippen molar-refractivity contribution >= 4 is 30.0 Å². The molecule has 1 aromatic rings. The third-order valence-electron chi connectivity index (χ3n) is 3.09. The van der Waals surface area contributed by atoms with Gasteiger partial charge in [0, 0.05) is 0 Å². The van der Waals surface area contributed by atoms with E-state index in [2.05, 4.69) is 5.32 Å². The highest BCUT2D eigenvalue weighted by Crippen LogP contribution is 2.18. The van der Waals surface area contributed by atoms with Crippen LogP contribution in [0.5, 0.6) is 0 Å². The van der Waals surface area contributed by atoms with Crippen molar-refractivity contribution in [3.63, 3.8) is 0 Å². The van der Waals surface area contributed by atoms with E-state index < -0.39 is 35.2 Å². The number of likely N-dealkylation sites (N-methyl/N-ethyl adjacent to an activating group) is 1. The minimum absolute atomic E-state index is 0. The lowest BCUT2D eigenvalue weighted by atomic mass is 10.2. The molecule has 0 saturated heterocycles. The van der Waals surface area contributed by atoms with Crippen LogP contribution in [0.4, 0.5) is 14.5 Å². The van der Waals surface area contributed by atoms with Gasteiger partial charge in [-0.3, -0.25) is 14.5 Å². The number of rotatable bonds is 7. The minimum Gasteiger partial charge on any atom is -0.480 e. The van der Waals surface area contributed by atoms with Gasteiger partial charge in [-0.2, -0.15) is 0 Å². The summed E-state index contributed by atoms with van der Waals surface area (Å²) < 4.78 is 26.8. The molecule has 22 heavy (non-hydrogen) atoms. The summed E-state index contributed by atoms with van der Waals surface area (Å²) in [6.45, 7) is 3.48. The van der Waals surface area contributed by atoms with E-state index in [1.807, 2.05) is 0 Å². The number of para-hydroxylation sites is 1. The van der Waals surface area contributed by atoms with E-state index >= 15 is 0 Å². The summed E-state index contributed by atoms with van der Waals surface area (Å²) in [4.78, 5) is 24.4. The molecule has 0 aliphatic heterocycles. The van der Waals surface area contributed by atoms with Gasteiger partial charge in [0.1, 0.15) is 23.4 Å². The van der Waals surface area contributed by atoms with Crippen molar-refractivity contribution in [2.75, 3.05) is 18.4 Å². The van der Waals surface area contributed by atoms with Crippen LogP contribution in [0.3, 0.4) is 0 Å². The van der Waals surface area contributed by atoms with Crippen molar-refractivity contribution in [2.24, 2.45) is 0 Å². The summed E-state index contributed by atoms with van der Waals surface area (Å²) in [5.41, 5.74) is -0.526. The number of carbonyl (C=O) groups is 2. The number of hydrogen-bond acceptors (Lipinski definition) is 3. The topological polar surface area (TPSA) is 69.6 Å². The zero-order valence-electron chi connectivity index (χ0n) is 12.3. The van der Waals surface area contributed by atoms with Crippen LogP contribution >= 0.6 is 12.4 Å². The Kier molecular flexibility index (Phi) is 8.59. The zero-order valence-corrected chi connectivity index (χ0v) is 13.1. The van der Waals surface area contributed by atoms with E-state index in [4.69, 9.17) is 5.11 Å². The highest BCUT2D eigenvalue weighted by atomic mass is 35.5. The molecule has 0 radical (unpaired) electrons. The van der Waals surface area contributed by atoms with Crippen molar-refractivity contribution in [2.45, 2.75) is 26.3 Å². The molecular formula is C14H19ClF2N2O3. The van der Waals surface area contributed by atoms with E-state index in [9.17, 15) is 18.4 Å².